The number of rotatable bonds is 8. The number of aromatic nitrogens is 4. The quantitative estimate of drug-likeness (QED) is 0.709. The number of tetrazole rings is 1. The Morgan fingerprint density at radius 2 is 1.93 bits per heavy atom. The summed E-state index contributed by atoms with van der Waals surface area (Å²) in [5.74, 6) is 2.03. The highest BCUT2D eigenvalue weighted by Gasteiger charge is 2.23. The van der Waals surface area contributed by atoms with Gasteiger partial charge in [0.15, 0.2) is 0 Å². The van der Waals surface area contributed by atoms with E-state index >= 15 is 0 Å². The van der Waals surface area contributed by atoms with Gasteiger partial charge >= 0.3 is 0 Å². The number of nitrogens with zero attached hydrogens (tertiary/aromatic N) is 5. The third-order valence-electron chi connectivity index (χ3n) is 5.33. The maximum Gasteiger partial charge on any atom is 0.226 e. The molecule has 1 aliphatic rings. The average molecular weight is 400 g/mol. The molecular weight excluding hydrogens is 372 g/mol. The molecule has 1 aromatic carbocycles. The van der Waals surface area contributed by atoms with E-state index in [1.165, 1.54) is 0 Å². The van der Waals surface area contributed by atoms with Crippen LogP contribution in [0.4, 0.5) is 0 Å². The minimum absolute atomic E-state index is 0.00193. The maximum atomic E-state index is 12.5. The van der Waals surface area contributed by atoms with Crippen LogP contribution in [0.3, 0.4) is 0 Å². The normalized spacial score (nSPS) is 14.6. The SMILES string of the molecule is COc1ccc(CC(=O)N2CCC(CNC(=O)CCn3nnnc3C)CC2)cc1. The summed E-state index contributed by atoms with van der Waals surface area (Å²) < 4.78 is 6.76. The van der Waals surface area contributed by atoms with E-state index < -0.39 is 0 Å². The zero-order valence-corrected chi connectivity index (χ0v) is 17.0. The molecule has 29 heavy (non-hydrogen) atoms. The van der Waals surface area contributed by atoms with Gasteiger partial charge in [0, 0.05) is 26.1 Å². The first-order valence-electron chi connectivity index (χ1n) is 9.95. The topological polar surface area (TPSA) is 102 Å². The van der Waals surface area contributed by atoms with Crippen molar-refractivity contribution < 1.29 is 14.3 Å². The van der Waals surface area contributed by atoms with E-state index in [-0.39, 0.29) is 11.8 Å². The van der Waals surface area contributed by atoms with Crippen LogP contribution in [0.15, 0.2) is 24.3 Å². The first kappa shape index (κ1) is 20.8. The Morgan fingerprint density at radius 1 is 1.21 bits per heavy atom. The fourth-order valence-corrected chi connectivity index (χ4v) is 3.43. The molecule has 1 aliphatic heterocycles. The predicted molar refractivity (Wildman–Crippen MR) is 106 cm³/mol. The first-order chi connectivity index (χ1) is 14.0. The van der Waals surface area contributed by atoms with Gasteiger partial charge < -0.3 is 15.0 Å². The predicted octanol–water partition coefficient (Wildman–Crippen LogP) is 0.978. The Bertz CT molecular complexity index is 812. The highest BCUT2D eigenvalue weighted by atomic mass is 16.5. The van der Waals surface area contributed by atoms with Crippen molar-refractivity contribution in [1.29, 1.82) is 0 Å². The van der Waals surface area contributed by atoms with Gasteiger partial charge in [-0.05, 0) is 53.8 Å². The second-order valence-corrected chi connectivity index (χ2v) is 7.35. The van der Waals surface area contributed by atoms with Gasteiger partial charge in [-0.25, -0.2) is 4.68 Å². The Morgan fingerprint density at radius 3 is 2.55 bits per heavy atom. The minimum Gasteiger partial charge on any atom is -0.497 e. The minimum atomic E-state index is -0.00193. The number of aryl methyl sites for hydroxylation is 2. The molecule has 156 valence electrons. The lowest BCUT2D eigenvalue weighted by Gasteiger charge is -2.32. The van der Waals surface area contributed by atoms with Crippen LogP contribution >= 0.6 is 0 Å². The lowest BCUT2D eigenvalue weighted by atomic mass is 9.96. The lowest BCUT2D eigenvalue weighted by Crippen LogP contribution is -2.42. The van der Waals surface area contributed by atoms with Crippen LogP contribution in [-0.4, -0.2) is 63.7 Å². The van der Waals surface area contributed by atoms with Gasteiger partial charge in [-0.3, -0.25) is 9.59 Å². The van der Waals surface area contributed by atoms with Crippen LogP contribution in [0.1, 0.15) is 30.7 Å². The Balaban J connectivity index is 1.34. The number of carbonyl (C=O) groups excluding carboxylic acids is 2. The van der Waals surface area contributed by atoms with Gasteiger partial charge in [-0.2, -0.15) is 0 Å². The molecule has 0 spiro atoms. The van der Waals surface area contributed by atoms with Crippen molar-refractivity contribution in [2.75, 3.05) is 26.7 Å². The third kappa shape index (κ3) is 6.00. The molecule has 2 amide bonds. The molecule has 2 aromatic rings. The molecule has 0 radical (unpaired) electrons. The number of hydrogen-bond donors (Lipinski definition) is 1. The number of ether oxygens (including phenoxy) is 1. The summed E-state index contributed by atoms with van der Waals surface area (Å²) in [4.78, 5) is 26.5. The molecule has 0 unspecified atom stereocenters. The summed E-state index contributed by atoms with van der Waals surface area (Å²) in [6.45, 7) is 4.40. The third-order valence-corrected chi connectivity index (χ3v) is 5.33. The van der Waals surface area contributed by atoms with E-state index in [4.69, 9.17) is 4.74 Å². The molecule has 0 atom stereocenters. The number of nitrogens with one attached hydrogen (secondary N) is 1. The maximum absolute atomic E-state index is 12.5. The van der Waals surface area contributed by atoms with E-state index in [2.05, 4.69) is 20.8 Å². The van der Waals surface area contributed by atoms with Crippen LogP contribution < -0.4 is 10.1 Å². The average Bonchev–Trinajstić information content (AvgIpc) is 3.16. The standard InChI is InChI=1S/C20H28N6O3/c1-15-22-23-24-26(15)12-9-19(27)21-14-17-7-10-25(11-8-17)20(28)13-16-3-5-18(29-2)6-4-16/h3-6,17H,7-14H2,1-2H3,(H,21,27). The smallest absolute Gasteiger partial charge is 0.226 e. The summed E-state index contributed by atoms with van der Waals surface area (Å²) in [6.07, 6.45) is 2.56. The van der Waals surface area contributed by atoms with Crippen LogP contribution in [-0.2, 0) is 22.6 Å². The van der Waals surface area contributed by atoms with Crippen molar-refractivity contribution >= 4 is 11.8 Å². The van der Waals surface area contributed by atoms with Crippen molar-refractivity contribution in [2.45, 2.75) is 39.2 Å². The molecule has 2 heterocycles. The number of methoxy groups -OCH3 is 1. The fraction of sp³-hybridized carbons (Fsp3) is 0.550. The van der Waals surface area contributed by atoms with Gasteiger partial charge in [-0.1, -0.05) is 12.1 Å². The van der Waals surface area contributed by atoms with Crippen LogP contribution in [0, 0.1) is 12.8 Å². The van der Waals surface area contributed by atoms with Gasteiger partial charge in [0.1, 0.15) is 11.6 Å². The largest absolute Gasteiger partial charge is 0.497 e. The summed E-state index contributed by atoms with van der Waals surface area (Å²) in [7, 11) is 1.63. The number of likely N-dealkylation sites (tertiary alicyclic amines) is 1. The van der Waals surface area contributed by atoms with E-state index in [1.807, 2.05) is 36.1 Å². The second-order valence-electron chi connectivity index (χ2n) is 7.35. The highest BCUT2D eigenvalue weighted by Crippen LogP contribution is 2.18. The van der Waals surface area contributed by atoms with E-state index in [1.54, 1.807) is 11.8 Å². The van der Waals surface area contributed by atoms with Gasteiger partial charge in [0.2, 0.25) is 11.8 Å². The monoisotopic (exact) mass is 400 g/mol. The summed E-state index contributed by atoms with van der Waals surface area (Å²) in [5.41, 5.74) is 0.989. The van der Waals surface area contributed by atoms with Gasteiger partial charge in [0.05, 0.1) is 20.1 Å². The van der Waals surface area contributed by atoms with Crippen molar-refractivity contribution in [1.82, 2.24) is 30.4 Å². The van der Waals surface area contributed by atoms with Crippen LogP contribution in [0.2, 0.25) is 0 Å². The van der Waals surface area contributed by atoms with E-state index in [9.17, 15) is 9.59 Å². The lowest BCUT2D eigenvalue weighted by molar-refractivity contribution is -0.132. The van der Waals surface area contributed by atoms with Crippen molar-refractivity contribution in [3.05, 3.63) is 35.7 Å². The van der Waals surface area contributed by atoms with E-state index in [0.29, 0.717) is 37.7 Å². The molecule has 1 aromatic heterocycles. The van der Waals surface area contributed by atoms with Gasteiger partial charge in [0.25, 0.3) is 0 Å². The number of benzene rings is 1. The summed E-state index contributed by atoms with van der Waals surface area (Å²) >= 11 is 0. The Hall–Kier alpha value is -2.97. The van der Waals surface area contributed by atoms with Crippen LogP contribution in [0.5, 0.6) is 5.75 Å². The van der Waals surface area contributed by atoms with Crippen molar-refractivity contribution in [3.63, 3.8) is 0 Å². The zero-order valence-electron chi connectivity index (χ0n) is 17.0. The van der Waals surface area contributed by atoms with Gasteiger partial charge in [-0.15, -0.1) is 5.10 Å². The summed E-state index contributed by atoms with van der Waals surface area (Å²) in [5, 5.41) is 14.2. The number of piperidine rings is 1. The second kappa shape index (κ2) is 9.99. The Kier molecular flexibility index (Phi) is 7.15. The zero-order chi connectivity index (χ0) is 20.6. The number of amides is 2. The molecular formula is C20H28N6O3. The number of carbonyl (C=O) groups is 2. The number of hydrogen-bond acceptors (Lipinski definition) is 6. The highest BCUT2D eigenvalue weighted by molar-refractivity contribution is 5.79. The first-order valence-corrected chi connectivity index (χ1v) is 9.95. The molecule has 9 heteroatoms. The molecule has 1 saturated heterocycles. The van der Waals surface area contributed by atoms with E-state index in [0.717, 1.165) is 37.2 Å². The van der Waals surface area contributed by atoms with Crippen molar-refractivity contribution in [2.24, 2.45) is 5.92 Å². The van der Waals surface area contributed by atoms with Crippen LogP contribution in [0.25, 0.3) is 0 Å². The van der Waals surface area contributed by atoms with Crippen molar-refractivity contribution in [3.8, 4) is 5.75 Å². The molecule has 1 N–H and O–H groups in total. The molecule has 1 fully saturated rings. The molecule has 3 rings (SSSR count). The molecule has 0 saturated carbocycles. The molecule has 9 nitrogen and oxygen atoms in total. The Labute approximate surface area is 170 Å². The summed E-state index contributed by atoms with van der Waals surface area (Å²) in [6, 6.07) is 7.60. The molecule has 0 aliphatic carbocycles. The fourth-order valence-electron chi connectivity index (χ4n) is 3.43. The molecule has 0 bridgehead atoms.